The zero-order chi connectivity index (χ0) is 12.1. The Labute approximate surface area is 100 Å². The molecular weight excluding hydrogens is 218 g/mol. The SMILES string of the molecule is COc1ccc(C2=CCC(CCC=O)O2)cn1. The third-order valence-corrected chi connectivity index (χ3v) is 2.70. The second-order valence-corrected chi connectivity index (χ2v) is 3.88. The molecule has 0 saturated carbocycles. The molecule has 0 radical (unpaired) electrons. The van der Waals surface area contributed by atoms with Gasteiger partial charge in [0.25, 0.3) is 0 Å². The van der Waals surface area contributed by atoms with E-state index in [1.807, 2.05) is 12.1 Å². The van der Waals surface area contributed by atoms with Crippen LogP contribution in [0.15, 0.2) is 24.4 Å². The summed E-state index contributed by atoms with van der Waals surface area (Å²) in [4.78, 5) is 14.4. The molecular formula is C13H15NO3. The molecule has 1 aliphatic heterocycles. The molecule has 4 nitrogen and oxygen atoms in total. The number of aromatic nitrogens is 1. The number of aldehydes is 1. The van der Waals surface area contributed by atoms with E-state index >= 15 is 0 Å². The third kappa shape index (κ3) is 2.84. The molecule has 0 saturated heterocycles. The van der Waals surface area contributed by atoms with Gasteiger partial charge < -0.3 is 14.3 Å². The van der Waals surface area contributed by atoms with Crippen LogP contribution in [-0.4, -0.2) is 24.5 Å². The van der Waals surface area contributed by atoms with Gasteiger partial charge in [-0.1, -0.05) is 0 Å². The Morgan fingerprint density at radius 1 is 1.59 bits per heavy atom. The van der Waals surface area contributed by atoms with Gasteiger partial charge in [-0.3, -0.25) is 0 Å². The minimum absolute atomic E-state index is 0.123. The van der Waals surface area contributed by atoms with E-state index in [2.05, 4.69) is 4.98 Å². The maximum Gasteiger partial charge on any atom is 0.212 e. The first-order valence-corrected chi connectivity index (χ1v) is 5.64. The first-order chi connectivity index (χ1) is 8.33. The number of hydrogen-bond donors (Lipinski definition) is 0. The van der Waals surface area contributed by atoms with Crippen molar-refractivity contribution in [3.8, 4) is 5.88 Å². The van der Waals surface area contributed by atoms with Gasteiger partial charge in [0.1, 0.15) is 18.1 Å². The Balaban J connectivity index is 1.97. The smallest absolute Gasteiger partial charge is 0.212 e. The molecule has 0 N–H and O–H groups in total. The van der Waals surface area contributed by atoms with Gasteiger partial charge in [-0.25, -0.2) is 4.98 Å². The fourth-order valence-corrected chi connectivity index (χ4v) is 1.78. The van der Waals surface area contributed by atoms with Crippen LogP contribution in [0.2, 0.25) is 0 Å². The standard InChI is InChI=1S/C13H15NO3/c1-16-13-7-4-10(9-14-13)12-6-5-11(17-12)3-2-8-15/h4,6-9,11H,2-3,5H2,1H3. The molecule has 4 heteroatoms. The highest BCUT2D eigenvalue weighted by Gasteiger charge is 2.18. The second-order valence-electron chi connectivity index (χ2n) is 3.88. The first kappa shape index (κ1) is 11.6. The van der Waals surface area contributed by atoms with Crippen LogP contribution < -0.4 is 4.74 Å². The van der Waals surface area contributed by atoms with Crippen molar-refractivity contribution in [1.82, 2.24) is 4.98 Å². The molecule has 2 rings (SSSR count). The minimum atomic E-state index is 0.123. The van der Waals surface area contributed by atoms with E-state index in [4.69, 9.17) is 9.47 Å². The largest absolute Gasteiger partial charge is 0.490 e. The monoisotopic (exact) mass is 233 g/mol. The van der Waals surface area contributed by atoms with Gasteiger partial charge in [-0.2, -0.15) is 0 Å². The first-order valence-electron chi connectivity index (χ1n) is 5.64. The number of carbonyl (C=O) groups excluding carboxylic acids is 1. The van der Waals surface area contributed by atoms with Gasteiger partial charge in [-0.05, 0) is 18.6 Å². The molecule has 17 heavy (non-hydrogen) atoms. The fourth-order valence-electron chi connectivity index (χ4n) is 1.78. The van der Waals surface area contributed by atoms with Crippen LogP contribution in [0.1, 0.15) is 24.8 Å². The van der Waals surface area contributed by atoms with Crippen LogP contribution in [0.25, 0.3) is 5.76 Å². The molecule has 1 aromatic rings. The second kappa shape index (κ2) is 5.48. The van der Waals surface area contributed by atoms with Crippen molar-refractivity contribution in [2.45, 2.75) is 25.4 Å². The van der Waals surface area contributed by atoms with Crippen LogP contribution in [0, 0.1) is 0 Å². The van der Waals surface area contributed by atoms with E-state index in [0.29, 0.717) is 12.3 Å². The molecule has 1 atom stereocenters. The topological polar surface area (TPSA) is 48.4 Å². The van der Waals surface area contributed by atoms with Crippen LogP contribution in [0.4, 0.5) is 0 Å². The molecule has 0 aromatic carbocycles. The van der Waals surface area contributed by atoms with Gasteiger partial charge in [0.2, 0.25) is 5.88 Å². The summed E-state index contributed by atoms with van der Waals surface area (Å²) in [7, 11) is 1.59. The quantitative estimate of drug-likeness (QED) is 0.731. The Morgan fingerprint density at radius 2 is 2.47 bits per heavy atom. The van der Waals surface area contributed by atoms with Gasteiger partial charge in [0.15, 0.2) is 0 Å². The summed E-state index contributed by atoms with van der Waals surface area (Å²) in [6, 6.07) is 3.72. The summed E-state index contributed by atoms with van der Waals surface area (Å²) >= 11 is 0. The third-order valence-electron chi connectivity index (χ3n) is 2.70. The van der Waals surface area contributed by atoms with Gasteiger partial charge >= 0.3 is 0 Å². The summed E-state index contributed by atoms with van der Waals surface area (Å²) < 4.78 is 10.7. The Bertz CT molecular complexity index is 411. The number of ether oxygens (including phenoxy) is 2. The number of rotatable bonds is 5. The van der Waals surface area contributed by atoms with Crippen molar-refractivity contribution in [3.05, 3.63) is 30.0 Å². The molecule has 0 spiro atoms. The fraction of sp³-hybridized carbons (Fsp3) is 0.385. The zero-order valence-electron chi connectivity index (χ0n) is 9.76. The van der Waals surface area contributed by atoms with Crippen molar-refractivity contribution in [1.29, 1.82) is 0 Å². The van der Waals surface area contributed by atoms with E-state index < -0.39 is 0 Å². The summed E-state index contributed by atoms with van der Waals surface area (Å²) in [6.07, 6.45) is 6.99. The summed E-state index contributed by atoms with van der Waals surface area (Å²) in [5.74, 6) is 1.43. The molecule has 90 valence electrons. The van der Waals surface area contributed by atoms with E-state index in [1.54, 1.807) is 19.4 Å². The highest BCUT2D eigenvalue weighted by molar-refractivity contribution is 5.61. The van der Waals surface area contributed by atoms with E-state index in [-0.39, 0.29) is 6.10 Å². The molecule has 2 heterocycles. The Morgan fingerprint density at radius 3 is 3.12 bits per heavy atom. The molecule has 0 bridgehead atoms. The summed E-state index contributed by atoms with van der Waals surface area (Å²) in [5, 5.41) is 0. The van der Waals surface area contributed by atoms with Crippen molar-refractivity contribution >= 4 is 12.0 Å². The molecule has 0 amide bonds. The minimum Gasteiger partial charge on any atom is -0.490 e. The zero-order valence-corrected chi connectivity index (χ0v) is 9.76. The van der Waals surface area contributed by atoms with Crippen molar-refractivity contribution in [2.75, 3.05) is 7.11 Å². The average Bonchev–Trinajstić information content (AvgIpc) is 2.85. The number of carbonyl (C=O) groups is 1. The van der Waals surface area contributed by atoms with Gasteiger partial charge in [0.05, 0.1) is 7.11 Å². The summed E-state index contributed by atoms with van der Waals surface area (Å²) in [5.41, 5.74) is 0.944. The van der Waals surface area contributed by atoms with Crippen LogP contribution in [0.3, 0.4) is 0 Å². The molecule has 0 aliphatic carbocycles. The van der Waals surface area contributed by atoms with Crippen molar-refractivity contribution in [2.24, 2.45) is 0 Å². The summed E-state index contributed by atoms with van der Waals surface area (Å²) in [6.45, 7) is 0. The number of pyridine rings is 1. The lowest BCUT2D eigenvalue weighted by molar-refractivity contribution is -0.108. The number of hydrogen-bond acceptors (Lipinski definition) is 4. The Kier molecular flexibility index (Phi) is 3.75. The van der Waals surface area contributed by atoms with Gasteiger partial charge in [0, 0.05) is 30.7 Å². The molecule has 1 aliphatic rings. The normalized spacial score (nSPS) is 18.4. The molecule has 0 fully saturated rings. The highest BCUT2D eigenvalue weighted by atomic mass is 16.5. The van der Waals surface area contributed by atoms with E-state index in [9.17, 15) is 4.79 Å². The average molecular weight is 233 g/mol. The Hall–Kier alpha value is -1.84. The highest BCUT2D eigenvalue weighted by Crippen LogP contribution is 2.28. The predicted octanol–water partition coefficient (Wildman–Crippen LogP) is 2.20. The lowest BCUT2D eigenvalue weighted by Gasteiger charge is -2.11. The van der Waals surface area contributed by atoms with E-state index in [0.717, 1.165) is 30.5 Å². The molecule has 1 unspecified atom stereocenters. The van der Waals surface area contributed by atoms with Crippen LogP contribution in [-0.2, 0) is 9.53 Å². The predicted molar refractivity (Wildman–Crippen MR) is 63.6 cm³/mol. The number of nitrogens with zero attached hydrogens (tertiary/aromatic N) is 1. The maximum atomic E-state index is 10.3. The lowest BCUT2D eigenvalue weighted by Crippen LogP contribution is -2.05. The maximum absolute atomic E-state index is 10.3. The van der Waals surface area contributed by atoms with Crippen LogP contribution >= 0.6 is 0 Å². The van der Waals surface area contributed by atoms with Gasteiger partial charge in [-0.15, -0.1) is 0 Å². The lowest BCUT2D eigenvalue weighted by atomic mass is 10.1. The molecule has 1 aromatic heterocycles. The van der Waals surface area contributed by atoms with Crippen molar-refractivity contribution < 1.29 is 14.3 Å². The van der Waals surface area contributed by atoms with E-state index in [1.165, 1.54) is 0 Å². The number of methoxy groups -OCH3 is 1. The van der Waals surface area contributed by atoms with Crippen molar-refractivity contribution in [3.63, 3.8) is 0 Å². The van der Waals surface area contributed by atoms with Crippen LogP contribution in [0.5, 0.6) is 5.88 Å².